The van der Waals surface area contributed by atoms with Crippen LogP contribution in [0.15, 0.2) is 0 Å². The molecule has 1 aliphatic carbocycles. The summed E-state index contributed by atoms with van der Waals surface area (Å²) in [6, 6.07) is 0.410. The number of carbonyl (C=O) groups excluding carboxylic acids is 1. The molecule has 4 heteroatoms. The average molecular weight is 202 g/mol. The Balaban J connectivity index is 2.19. The largest absolute Gasteiger partial charge is 0.352 e. The fourth-order valence-electron chi connectivity index (χ4n) is 1.64. The van der Waals surface area contributed by atoms with Crippen molar-refractivity contribution in [2.45, 2.75) is 37.8 Å². The molecule has 0 heterocycles. The molecule has 0 saturated heterocycles. The SMILES string of the molecule is CSCCC(=O)NC1CCCC1N. The molecule has 3 N–H and O–H groups in total. The molecule has 1 aliphatic rings. The van der Waals surface area contributed by atoms with E-state index >= 15 is 0 Å². The Morgan fingerprint density at radius 1 is 1.62 bits per heavy atom. The Morgan fingerprint density at radius 2 is 2.38 bits per heavy atom. The third-order valence-corrected chi connectivity index (χ3v) is 3.06. The topological polar surface area (TPSA) is 55.1 Å². The molecule has 0 aromatic rings. The van der Waals surface area contributed by atoms with Gasteiger partial charge in [0.15, 0.2) is 0 Å². The van der Waals surface area contributed by atoms with E-state index in [2.05, 4.69) is 5.32 Å². The molecule has 1 saturated carbocycles. The first kappa shape index (κ1) is 10.9. The van der Waals surface area contributed by atoms with E-state index in [9.17, 15) is 4.79 Å². The van der Waals surface area contributed by atoms with Crippen LogP contribution in [0, 0.1) is 0 Å². The Kier molecular flexibility index (Phi) is 4.59. The first-order chi connectivity index (χ1) is 6.24. The fourth-order valence-corrected chi connectivity index (χ4v) is 2.03. The second kappa shape index (κ2) is 5.50. The number of hydrogen-bond donors (Lipinski definition) is 2. The molecule has 0 aliphatic heterocycles. The van der Waals surface area contributed by atoms with Crippen LogP contribution < -0.4 is 11.1 Å². The van der Waals surface area contributed by atoms with Gasteiger partial charge in [-0.3, -0.25) is 4.79 Å². The van der Waals surface area contributed by atoms with Gasteiger partial charge in [-0.05, 0) is 25.5 Å². The lowest BCUT2D eigenvalue weighted by atomic mass is 10.2. The highest BCUT2D eigenvalue weighted by molar-refractivity contribution is 7.98. The van der Waals surface area contributed by atoms with Gasteiger partial charge in [-0.15, -0.1) is 0 Å². The van der Waals surface area contributed by atoms with Crippen molar-refractivity contribution < 1.29 is 4.79 Å². The second-order valence-electron chi connectivity index (χ2n) is 3.51. The molecule has 0 aromatic heterocycles. The molecule has 0 aromatic carbocycles. The lowest BCUT2D eigenvalue weighted by Crippen LogP contribution is -2.44. The van der Waals surface area contributed by atoms with E-state index in [0.717, 1.165) is 25.0 Å². The highest BCUT2D eigenvalue weighted by atomic mass is 32.2. The second-order valence-corrected chi connectivity index (χ2v) is 4.50. The Bertz CT molecular complexity index is 175. The first-order valence-corrected chi connectivity index (χ1v) is 6.17. The summed E-state index contributed by atoms with van der Waals surface area (Å²) in [4.78, 5) is 11.3. The van der Waals surface area contributed by atoms with Gasteiger partial charge in [0, 0.05) is 24.3 Å². The van der Waals surface area contributed by atoms with Crippen LogP contribution in [-0.2, 0) is 4.79 Å². The molecule has 0 radical (unpaired) electrons. The summed E-state index contributed by atoms with van der Waals surface area (Å²) in [5, 5.41) is 2.99. The predicted octanol–water partition coefficient (Wildman–Crippen LogP) is 0.735. The molecular formula is C9H18N2OS. The molecule has 1 rings (SSSR count). The van der Waals surface area contributed by atoms with E-state index in [4.69, 9.17) is 5.73 Å². The molecule has 76 valence electrons. The summed E-state index contributed by atoms with van der Waals surface area (Å²) in [6.07, 6.45) is 5.87. The van der Waals surface area contributed by atoms with Gasteiger partial charge in [-0.2, -0.15) is 11.8 Å². The van der Waals surface area contributed by atoms with Crippen LogP contribution in [0.1, 0.15) is 25.7 Å². The zero-order chi connectivity index (χ0) is 9.68. The molecule has 1 fully saturated rings. The number of thioether (sulfide) groups is 1. The van der Waals surface area contributed by atoms with Crippen molar-refractivity contribution in [3.8, 4) is 0 Å². The van der Waals surface area contributed by atoms with Crippen molar-refractivity contribution in [3.63, 3.8) is 0 Å². The molecule has 0 bridgehead atoms. The van der Waals surface area contributed by atoms with Gasteiger partial charge in [0.1, 0.15) is 0 Å². The summed E-state index contributed by atoms with van der Waals surface area (Å²) < 4.78 is 0. The third kappa shape index (κ3) is 3.56. The summed E-state index contributed by atoms with van der Waals surface area (Å²) in [5.74, 6) is 1.05. The van der Waals surface area contributed by atoms with Gasteiger partial charge in [0.05, 0.1) is 0 Å². The lowest BCUT2D eigenvalue weighted by molar-refractivity contribution is -0.121. The summed E-state index contributed by atoms with van der Waals surface area (Å²) >= 11 is 1.70. The van der Waals surface area contributed by atoms with Crippen molar-refractivity contribution in [1.29, 1.82) is 0 Å². The number of hydrogen-bond acceptors (Lipinski definition) is 3. The van der Waals surface area contributed by atoms with Crippen molar-refractivity contribution in [3.05, 3.63) is 0 Å². The summed E-state index contributed by atoms with van der Waals surface area (Å²) in [6.45, 7) is 0. The van der Waals surface area contributed by atoms with E-state index < -0.39 is 0 Å². The standard InChI is InChI=1S/C9H18N2OS/c1-13-6-5-9(12)11-8-4-2-3-7(8)10/h7-8H,2-6,10H2,1H3,(H,11,12). The predicted molar refractivity (Wildman–Crippen MR) is 56.8 cm³/mol. The van der Waals surface area contributed by atoms with Crippen LogP contribution in [0.2, 0.25) is 0 Å². The van der Waals surface area contributed by atoms with E-state index in [1.807, 2.05) is 6.26 Å². The Morgan fingerprint density at radius 3 is 2.92 bits per heavy atom. The normalized spacial score (nSPS) is 27.5. The van der Waals surface area contributed by atoms with Gasteiger partial charge in [0.2, 0.25) is 5.91 Å². The Labute approximate surface area is 83.8 Å². The molecule has 3 nitrogen and oxygen atoms in total. The van der Waals surface area contributed by atoms with Crippen LogP contribution >= 0.6 is 11.8 Å². The van der Waals surface area contributed by atoms with E-state index in [0.29, 0.717) is 6.42 Å². The number of nitrogens with one attached hydrogen (secondary N) is 1. The van der Waals surface area contributed by atoms with Crippen molar-refractivity contribution in [2.24, 2.45) is 5.73 Å². The minimum absolute atomic E-state index is 0.150. The van der Waals surface area contributed by atoms with Crippen molar-refractivity contribution >= 4 is 17.7 Å². The van der Waals surface area contributed by atoms with Gasteiger partial charge < -0.3 is 11.1 Å². The number of amides is 1. The smallest absolute Gasteiger partial charge is 0.221 e. The van der Waals surface area contributed by atoms with Crippen molar-refractivity contribution in [1.82, 2.24) is 5.32 Å². The minimum Gasteiger partial charge on any atom is -0.352 e. The van der Waals surface area contributed by atoms with Crippen molar-refractivity contribution in [2.75, 3.05) is 12.0 Å². The van der Waals surface area contributed by atoms with Crippen LogP contribution in [-0.4, -0.2) is 30.0 Å². The average Bonchev–Trinajstić information content (AvgIpc) is 2.48. The number of carbonyl (C=O) groups is 1. The van der Waals surface area contributed by atoms with Gasteiger partial charge in [-0.1, -0.05) is 0 Å². The maximum Gasteiger partial charge on any atom is 0.221 e. The molecule has 2 unspecified atom stereocenters. The van der Waals surface area contributed by atoms with E-state index in [1.165, 1.54) is 0 Å². The van der Waals surface area contributed by atoms with Crippen LogP contribution in [0.25, 0.3) is 0 Å². The highest BCUT2D eigenvalue weighted by Crippen LogP contribution is 2.17. The number of rotatable bonds is 4. The summed E-state index contributed by atoms with van der Waals surface area (Å²) in [5.41, 5.74) is 5.84. The van der Waals surface area contributed by atoms with Crippen LogP contribution in [0.4, 0.5) is 0 Å². The summed E-state index contributed by atoms with van der Waals surface area (Å²) in [7, 11) is 0. The van der Waals surface area contributed by atoms with Gasteiger partial charge >= 0.3 is 0 Å². The zero-order valence-corrected chi connectivity index (χ0v) is 8.90. The quantitative estimate of drug-likeness (QED) is 0.707. The molecule has 2 atom stereocenters. The minimum atomic E-state index is 0.150. The third-order valence-electron chi connectivity index (χ3n) is 2.45. The maximum atomic E-state index is 11.3. The molecular weight excluding hydrogens is 184 g/mol. The molecule has 1 amide bonds. The maximum absolute atomic E-state index is 11.3. The molecule has 13 heavy (non-hydrogen) atoms. The molecule has 0 spiro atoms. The monoisotopic (exact) mass is 202 g/mol. The first-order valence-electron chi connectivity index (χ1n) is 4.78. The number of nitrogens with two attached hydrogens (primary N) is 1. The highest BCUT2D eigenvalue weighted by Gasteiger charge is 2.24. The lowest BCUT2D eigenvalue weighted by Gasteiger charge is -2.16. The van der Waals surface area contributed by atoms with E-state index in [-0.39, 0.29) is 18.0 Å². The zero-order valence-electron chi connectivity index (χ0n) is 8.08. The van der Waals surface area contributed by atoms with Crippen LogP contribution in [0.5, 0.6) is 0 Å². The Hall–Kier alpha value is -0.220. The van der Waals surface area contributed by atoms with Crippen LogP contribution in [0.3, 0.4) is 0 Å². The van der Waals surface area contributed by atoms with Gasteiger partial charge in [-0.25, -0.2) is 0 Å². The van der Waals surface area contributed by atoms with E-state index in [1.54, 1.807) is 11.8 Å². The fraction of sp³-hybridized carbons (Fsp3) is 0.889. The van der Waals surface area contributed by atoms with Gasteiger partial charge in [0.25, 0.3) is 0 Å².